The molecule has 0 unspecified atom stereocenters. The lowest BCUT2D eigenvalue weighted by atomic mass is 10.0. The Balaban J connectivity index is 2.58. The smallest absolute Gasteiger partial charge is 0.338 e. The van der Waals surface area contributed by atoms with E-state index in [-0.39, 0.29) is 23.3 Å². The molecule has 0 saturated carbocycles. The highest BCUT2D eigenvalue weighted by Crippen LogP contribution is 2.26. The number of phenols is 1. The maximum Gasteiger partial charge on any atom is 0.338 e. The fraction of sp³-hybridized carbons (Fsp3) is 0.250. The van der Waals surface area contributed by atoms with Gasteiger partial charge in [-0.15, -0.1) is 0 Å². The zero-order valence-corrected chi connectivity index (χ0v) is 12.1. The minimum atomic E-state index is -0.558. The van der Waals surface area contributed by atoms with E-state index in [4.69, 9.17) is 4.74 Å². The number of amides is 1. The summed E-state index contributed by atoms with van der Waals surface area (Å²) in [5, 5.41) is 13.7. The van der Waals surface area contributed by atoms with Gasteiger partial charge in [-0.05, 0) is 48.9 Å². The number of ether oxygens (including phenoxy) is 1. The zero-order chi connectivity index (χ0) is 15.6. The first-order chi connectivity index (χ1) is 9.92. The highest BCUT2D eigenvalue weighted by atomic mass is 16.5. The molecule has 0 saturated heterocycles. The van der Waals surface area contributed by atoms with Crippen molar-refractivity contribution in [1.29, 1.82) is 0 Å². The molecular weight excluding hydrogens is 270 g/mol. The van der Waals surface area contributed by atoms with Gasteiger partial charge in [-0.25, -0.2) is 4.79 Å². The summed E-state index contributed by atoms with van der Waals surface area (Å²) in [4.78, 5) is 23.8. The molecule has 0 atom stereocenters. The first-order valence-corrected chi connectivity index (χ1v) is 6.58. The van der Waals surface area contributed by atoms with Crippen LogP contribution in [0.3, 0.4) is 0 Å². The molecule has 2 N–H and O–H groups in total. The minimum Gasteiger partial charge on any atom is -0.508 e. The number of esters is 1. The van der Waals surface area contributed by atoms with Crippen LogP contribution in [-0.2, 0) is 4.74 Å². The molecule has 5 nitrogen and oxygen atoms in total. The Kier molecular flexibility index (Phi) is 4.12. The van der Waals surface area contributed by atoms with Crippen LogP contribution in [0.4, 0.5) is 0 Å². The predicted octanol–water partition coefficient (Wildman–Crippen LogP) is 2.47. The number of fused-ring (bicyclic) bond motifs is 1. The van der Waals surface area contributed by atoms with Crippen molar-refractivity contribution in [2.24, 2.45) is 0 Å². The average Bonchev–Trinajstić information content (AvgIpc) is 2.44. The van der Waals surface area contributed by atoms with E-state index < -0.39 is 5.97 Å². The molecule has 0 fully saturated rings. The van der Waals surface area contributed by atoms with Crippen molar-refractivity contribution in [2.75, 3.05) is 7.11 Å². The highest BCUT2D eigenvalue weighted by Gasteiger charge is 2.15. The molecule has 0 radical (unpaired) electrons. The van der Waals surface area contributed by atoms with Crippen LogP contribution in [0.2, 0.25) is 0 Å². The van der Waals surface area contributed by atoms with Gasteiger partial charge in [-0.3, -0.25) is 4.79 Å². The molecular formula is C16H17NO4. The number of nitrogens with one attached hydrogen (secondary N) is 1. The number of hydrogen-bond donors (Lipinski definition) is 2. The molecule has 0 bridgehead atoms. The van der Waals surface area contributed by atoms with Crippen molar-refractivity contribution in [3.63, 3.8) is 0 Å². The van der Waals surface area contributed by atoms with E-state index in [1.54, 1.807) is 18.2 Å². The Morgan fingerprint density at radius 1 is 1.19 bits per heavy atom. The van der Waals surface area contributed by atoms with Crippen molar-refractivity contribution in [3.05, 3.63) is 41.5 Å². The fourth-order valence-corrected chi connectivity index (χ4v) is 2.11. The van der Waals surface area contributed by atoms with Crippen LogP contribution in [-0.4, -0.2) is 30.1 Å². The quantitative estimate of drug-likeness (QED) is 0.850. The van der Waals surface area contributed by atoms with Crippen LogP contribution in [0.15, 0.2) is 30.3 Å². The molecule has 2 aromatic carbocycles. The van der Waals surface area contributed by atoms with E-state index in [1.165, 1.54) is 19.2 Å². The molecule has 0 aliphatic heterocycles. The van der Waals surface area contributed by atoms with Crippen LogP contribution >= 0.6 is 0 Å². The van der Waals surface area contributed by atoms with E-state index in [9.17, 15) is 14.7 Å². The normalized spacial score (nSPS) is 10.7. The third kappa shape index (κ3) is 3.13. The van der Waals surface area contributed by atoms with Crippen molar-refractivity contribution < 1.29 is 19.4 Å². The Hall–Kier alpha value is -2.56. The number of aromatic hydroxyl groups is 1. The molecule has 2 rings (SSSR count). The fourth-order valence-electron chi connectivity index (χ4n) is 2.11. The topological polar surface area (TPSA) is 75.6 Å². The number of hydrogen-bond acceptors (Lipinski definition) is 4. The first-order valence-electron chi connectivity index (χ1n) is 6.58. The molecule has 2 aromatic rings. The second kappa shape index (κ2) is 5.83. The Labute approximate surface area is 122 Å². The second-order valence-electron chi connectivity index (χ2n) is 5.05. The lowest BCUT2D eigenvalue weighted by molar-refractivity contribution is 0.0602. The maximum atomic E-state index is 12.0. The molecule has 21 heavy (non-hydrogen) atoms. The van der Waals surface area contributed by atoms with Crippen molar-refractivity contribution in [3.8, 4) is 5.75 Å². The van der Waals surface area contributed by atoms with E-state index in [0.717, 1.165) is 0 Å². The van der Waals surface area contributed by atoms with Gasteiger partial charge in [0.2, 0.25) is 0 Å². The van der Waals surface area contributed by atoms with Crippen LogP contribution in [0.25, 0.3) is 10.8 Å². The Morgan fingerprint density at radius 2 is 1.90 bits per heavy atom. The maximum absolute atomic E-state index is 12.0. The Bertz CT molecular complexity index is 707. The Morgan fingerprint density at radius 3 is 2.52 bits per heavy atom. The van der Waals surface area contributed by atoms with Crippen molar-refractivity contribution in [1.82, 2.24) is 5.32 Å². The van der Waals surface area contributed by atoms with Crippen molar-refractivity contribution >= 4 is 22.6 Å². The van der Waals surface area contributed by atoms with Crippen LogP contribution in [0, 0.1) is 0 Å². The van der Waals surface area contributed by atoms with Gasteiger partial charge in [0.15, 0.2) is 0 Å². The highest BCUT2D eigenvalue weighted by molar-refractivity contribution is 6.08. The van der Waals surface area contributed by atoms with Gasteiger partial charge >= 0.3 is 5.97 Å². The van der Waals surface area contributed by atoms with Gasteiger partial charge in [-0.2, -0.15) is 0 Å². The molecule has 1 amide bonds. The van der Waals surface area contributed by atoms with Gasteiger partial charge in [0.05, 0.1) is 12.7 Å². The van der Waals surface area contributed by atoms with Crippen LogP contribution in [0.5, 0.6) is 5.75 Å². The van der Waals surface area contributed by atoms with E-state index in [1.807, 2.05) is 13.8 Å². The average molecular weight is 287 g/mol. The van der Waals surface area contributed by atoms with Gasteiger partial charge in [0.25, 0.3) is 5.91 Å². The van der Waals surface area contributed by atoms with Crippen LogP contribution < -0.4 is 5.32 Å². The summed E-state index contributed by atoms with van der Waals surface area (Å²) in [7, 11) is 1.27. The van der Waals surface area contributed by atoms with E-state index in [0.29, 0.717) is 16.3 Å². The number of rotatable bonds is 3. The molecule has 0 aliphatic carbocycles. The van der Waals surface area contributed by atoms with Gasteiger partial charge in [0, 0.05) is 11.6 Å². The predicted molar refractivity (Wildman–Crippen MR) is 79.6 cm³/mol. The zero-order valence-electron chi connectivity index (χ0n) is 12.1. The van der Waals surface area contributed by atoms with Crippen molar-refractivity contribution in [2.45, 2.75) is 19.9 Å². The number of carbonyl (C=O) groups is 2. The number of methoxy groups -OCH3 is 1. The van der Waals surface area contributed by atoms with Gasteiger partial charge in [-0.1, -0.05) is 6.07 Å². The summed E-state index contributed by atoms with van der Waals surface area (Å²) < 4.78 is 4.71. The van der Waals surface area contributed by atoms with Gasteiger partial charge < -0.3 is 15.2 Å². The molecule has 0 aromatic heterocycles. The molecule has 110 valence electrons. The number of benzene rings is 2. The monoisotopic (exact) mass is 287 g/mol. The lowest BCUT2D eigenvalue weighted by Crippen LogP contribution is -2.30. The molecule has 0 spiro atoms. The standard InChI is InChI=1S/C16H17NO4/c1-9(2)17-15(19)11-5-4-10-6-12(18)8-14(13(10)7-11)16(20)21-3/h4-9,18H,1-3H3,(H,17,19). The molecule has 0 heterocycles. The van der Waals surface area contributed by atoms with E-state index >= 15 is 0 Å². The first kappa shape index (κ1) is 14.8. The van der Waals surface area contributed by atoms with Crippen LogP contribution in [0.1, 0.15) is 34.6 Å². The summed E-state index contributed by atoms with van der Waals surface area (Å²) in [6.45, 7) is 3.74. The molecule has 0 aliphatic rings. The summed E-state index contributed by atoms with van der Waals surface area (Å²) in [6.07, 6.45) is 0. The summed E-state index contributed by atoms with van der Waals surface area (Å²) >= 11 is 0. The van der Waals surface area contributed by atoms with Gasteiger partial charge in [0.1, 0.15) is 5.75 Å². The summed E-state index contributed by atoms with van der Waals surface area (Å²) in [6, 6.07) is 7.85. The third-order valence-electron chi connectivity index (χ3n) is 3.03. The lowest BCUT2D eigenvalue weighted by Gasteiger charge is -2.11. The SMILES string of the molecule is COC(=O)c1cc(O)cc2ccc(C(=O)NC(C)C)cc12. The minimum absolute atomic E-state index is 0.0214. The largest absolute Gasteiger partial charge is 0.508 e. The molecule has 5 heteroatoms. The number of phenolic OH excluding ortho intramolecular Hbond substituents is 1. The van der Waals surface area contributed by atoms with E-state index in [2.05, 4.69) is 5.32 Å². The third-order valence-corrected chi connectivity index (χ3v) is 3.03. The number of carbonyl (C=O) groups excluding carboxylic acids is 2. The summed E-state index contributed by atoms with van der Waals surface area (Å²) in [5.41, 5.74) is 0.679. The summed E-state index contributed by atoms with van der Waals surface area (Å²) in [5.74, 6) is -0.796. The second-order valence-corrected chi connectivity index (χ2v) is 5.05.